The number of nitrogens with two attached hydrogens (primary N) is 1. The van der Waals surface area contributed by atoms with Crippen molar-refractivity contribution in [2.24, 2.45) is 5.73 Å². The van der Waals surface area contributed by atoms with Crippen LogP contribution in [0.25, 0.3) is 11.1 Å². The number of benzene rings is 2. The molecule has 16 heavy (non-hydrogen) atoms. The Labute approximate surface area is 93.7 Å². The Hall–Kier alpha value is -1.93. The second-order valence-corrected chi connectivity index (χ2v) is 3.97. The van der Waals surface area contributed by atoms with Crippen LogP contribution >= 0.6 is 0 Å². The van der Waals surface area contributed by atoms with E-state index in [2.05, 4.69) is 0 Å². The first-order valence-electron chi connectivity index (χ1n) is 5.27. The second-order valence-electron chi connectivity index (χ2n) is 3.97. The highest BCUT2D eigenvalue weighted by Crippen LogP contribution is 2.36. The van der Waals surface area contributed by atoms with Crippen LogP contribution in [0.5, 0.6) is 0 Å². The lowest BCUT2D eigenvalue weighted by molar-refractivity contribution is 0.0960. The van der Waals surface area contributed by atoms with Gasteiger partial charge in [-0.25, -0.2) is 0 Å². The van der Waals surface area contributed by atoms with Crippen LogP contribution in [0.3, 0.4) is 0 Å². The summed E-state index contributed by atoms with van der Waals surface area (Å²) < 4.78 is 0. The lowest BCUT2D eigenvalue weighted by atomic mass is 9.82. The molecule has 0 spiro atoms. The van der Waals surface area contributed by atoms with Gasteiger partial charge in [-0.2, -0.15) is 0 Å². The normalized spacial score (nSPS) is 17.8. The van der Waals surface area contributed by atoms with E-state index in [0.717, 1.165) is 22.3 Å². The molecule has 0 aliphatic heterocycles. The average molecular weight is 209 g/mol. The number of ketones is 1. The Morgan fingerprint density at radius 3 is 2.12 bits per heavy atom. The summed E-state index contributed by atoms with van der Waals surface area (Å²) in [4.78, 5) is 12.1. The smallest absolute Gasteiger partial charge is 0.184 e. The zero-order valence-corrected chi connectivity index (χ0v) is 8.68. The summed E-state index contributed by atoms with van der Waals surface area (Å²) in [5.74, 6) is 0.00861. The Morgan fingerprint density at radius 2 is 1.38 bits per heavy atom. The molecule has 2 nitrogen and oxygen atoms in total. The molecule has 0 fully saturated rings. The summed E-state index contributed by atoms with van der Waals surface area (Å²) in [5, 5.41) is 0. The van der Waals surface area contributed by atoms with E-state index in [4.69, 9.17) is 5.73 Å². The predicted molar refractivity (Wildman–Crippen MR) is 63.1 cm³/mol. The van der Waals surface area contributed by atoms with Crippen molar-refractivity contribution in [1.29, 1.82) is 0 Å². The highest BCUT2D eigenvalue weighted by atomic mass is 16.1. The van der Waals surface area contributed by atoms with Crippen LogP contribution < -0.4 is 5.73 Å². The fourth-order valence-electron chi connectivity index (χ4n) is 2.26. The van der Waals surface area contributed by atoms with Gasteiger partial charge in [0, 0.05) is 5.56 Å². The molecular weight excluding hydrogens is 198 g/mol. The van der Waals surface area contributed by atoms with Crippen LogP contribution in [-0.4, -0.2) is 5.78 Å². The van der Waals surface area contributed by atoms with Crippen molar-refractivity contribution in [3.8, 4) is 11.1 Å². The van der Waals surface area contributed by atoms with Crippen LogP contribution in [0.2, 0.25) is 0 Å². The van der Waals surface area contributed by atoms with Gasteiger partial charge in [0.05, 0.1) is 6.04 Å². The number of fused-ring (bicyclic) bond motifs is 3. The molecule has 0 amide bonds. The van der Waals surface area contributed by atoms with E-state index in [0.29, 0.717) is 0 Å². The fourth-order valence-corrected chi connectivity index (χ4v) is 2.26. The summed E-state index contributed by atoms with van der Waals surface area (Å²) in [6.07, 6.45) is 0. The molecule has 1 atom stereocenters. The lowest BCUT2D eigenvalue weighted by Crippen LogP contribution is -2.26. The summed E-state index contributed by atoms with van der Waals surface area (Å²) >= 11 is 0. The maximum atomic E-state index is 12.1. The lowest BCUT2D eigenvalue weighted by Gasteiger charge is -2.23. The van der Waals surface area contributed by atoms with Crippen molar-refractivity contribution in [1.82, 2.24) is 0 Å². The van der Waals surface area contributed by atoms with Gasteiger partial charge in [0.1, 0.15) is 0 Å². The van der Waals surface area contributed by atoms with Gasteiger partial charge in [-0.1, -0.05) is 48.5 Å². The Bertz CT molecular complexity index is 574. The number of hydrogen-bond acceptors (Lipinski definition) is 2. The molecule has 0 radical (unpaired) electrons. The minimum atomic E-state index is -0.522. The molecule has 78 valence electrons. The third-order valence-electron chi connectivity index (χ3n) is 3.06. The molecule has 0 saturated carbocycles. The second kappa shape index (κ2) is 3.29. The molecule has 0 aromatic heterocycles. The first-order chi connectivity index (χ1) is 7.79. The third kappa shape index (κ3) is 1.14. The summed E-state index contributed by atoms with van der Waals surface area (Å²) in [6, 6.07) is 14.9. The molecule has 1 unspecified atom stereocenters. The van der Waals surface area contributed by atoms with Gasteiger partial charge in [0.25, 0.3) is 0 Å². The minimum absolute atomic E-state index is 0.00861. The molecule has 1 aliphatic rings. The van der Waals surface area contributed by atoms with Gasteiger partial charge in [-0.15, -0.1) is 0 Å². The predicted octanol–water partition coefficient (Wildman–Crippen LogP) is 2.55. The average Bonchev–Trinajstić information content (AvgIpc) is 2.36. The molecule has 2 N–H and O–H groups in total. The first kappa shape index (κ1) is 9.31. The van der Waals surface area contributed by atoms with Crippen molar-refractivity contribution in [2.75, 3.05) is 0 Å². The van der Waals surface area contributed by atoms with E-state index in [-0.39, 0.29) is 5.78 Å². The zero-order valence-electron chi connectivity index (χ0n) is 8.68. The molecule has 2 heteroatoms. The Balaban J connectivity index is 2.37. The standard InChI is InChI=1S/C14H11NO/c15-13-11-7-3-1-5-9(11)10-6-2-4-8-12(10)14(13)16/h1-8,13H,15H2. The van der Waals surface area contributed by atoms with Crippen molar-refractivity contribution >= 4 is 5.78 Å². The van der Waals surface area contributed by atoms with Crippen molar-refractivity contribution in [2.45, 2.75) is 6.04 Å². The van der Waals surface area contributed by atoms with Crippen LogP contribution in [-0.2, 0) is 0 Å². The number of carbonyl (C=O) groups is 1. The highest BCUT2D eigenvalue weighted by Gasteiger charge is 2.28. The van der Waals surface area contributed by atoms with E-state index in [9.17, 15) is 4.79 Å². The summed E-state index contributed by atoms with van der Waals surface area (Å²) in [5.41, 5.74) is 9.67. The Morgan fingerprint density at radius 1 is 0.812 bits per heavy atom. The van der Waals surface area contributed by atoms with Crippen molar-refractivity contribution in [3.63, 3.8) is 0 Å². The molecule has 2 aromatic rings. The Kier molecular flexibility index (Phi) is 1.91. The topological polar surface area (TPSA) is 43.1 Å². The molecule has 3 rings (SSSR count). The quantitative estimate of drug-likeness (QED) is 0.724. The number of hydrogen-bond donors (Lipinski definition) is 1. The van der Waals surface area contributed by atoms with Gasteiger partial charge in [-0.05, 0) is 16.7 Å². The molecule has 0 saturated heterocycles. The molecule has 0 heterocycles. The van der Waals surface area contributed by atoms with E-state index in [1.54, 1.807) is 0 Å². The SMILES string of the molecule is NC1C(=O)c2ccccc2-c2ccccc21. The van der Waals surface area contributed by atoms with E-state index in [1.807, 2.05) is 48.5 Å². The molecular formula is C14H11NO. The maximum Gasteiger partial charge on any atom is 0.184 e. The monoisotopic (exact) mass is 209 g/mol. The first-order valence-corrected chi connectivity index (χ1v) is 5.27. The van der Waals surface area contributed by atoms with Crippen LogP contribution in [0.4, 0.5) is 0 Å². The van der Waals surface area contributed by atoms with Gasteiger partial charge in [0.15, 0.2) is 5.78 Å². The van der Waals surface area contributed by atoms with E-state index >= 15 is 0 Å². The van der Waals surface area contributed by atoms with Crippen LogP contribution in [0.15, 0.2) is 48.5 Å². The van der Waals surface area contributed by atoms with Gasteiger partial charge in [-0.3, -0.25) is 4.79 Å². The third-order valence-corrected chi connectivity index (χ3v) is 3.06. The maximum absolute atomic E-state index is 12.1. The molecule has 0 bridgehead atoms. The summed E-state index contributed by atoms with van der Waals surface area (Å²) in [7, 11) is 0. The number of carbonyl (C=O) groups excluding carboxylic acids is 1. The highest BCUT2D eigenvalue weighted by molar-refractivity contribution is 6.09. The van der Waals surface area contributed by atoms with Gasteiger partial charge in [0.2, 0.25) is 0 Å². The van der Waals surface area contributed by atoms with Crippen molar-refractivity contribution in [3.05, 3.63) is 59.7 Å². The van der Waals surface area contributed by atoms with Crippen LogP contribution in [0.1, 0.15) is 22.0 Å². The fraction of sp³-hybridized carbons (Fsp3) is 0.0714. The van der Waals surface area contributed by atoms with E-state index in [1.165, 1.54) is 0 Å². The number of rotatable bonds is 0. The largest absolute Gasteiger partial charge is 0.317 e. The number of Topliss-reactive ketones (excluding diaryl/α,β-unsaturated/α-hetero) is 1. The van der Waals surface area contributed by atoms with Gasteiger partial charge < -0.3 is 5.73 Å². The van der Waals surface area contributed by atoms with E-state index < -0.39 is 6.04 Å². The van der Waals surface area contributed by atoms with Crippen molar-refractivity contribution < 1.29 is 4.79 Å². The minimum Gasteiger partial charge on any atom is -0.317 e. The van der Waals surface area contributed by atoms with Crippen LogP contribution in [0, 0.1) is 0 Å². The van der Waals surface area contributed by atoms with Gasteiger partial charge >= 0.3 is 0 Å². The zero-order chi connectivity index (χ0) is 11.1. The molecule has 2 aromatic carbocycles. The molecule has 1 aliphatic carbocycles. The summed E-state index contributed by atoms with van der Waals surface area (Å²) in [6.45, 7) is 0.